The predicted octanol–water partition coefficient (Wildman–Crippen LogP) is 4.46. The van der Waals surface area contributed by atoms with Crippen LogP contribution in [0, 0.1) is 0 Å². The van der Waals surface area contributed by atoms with Gasteiger partial charge in [0.25, 0.3) is 0 Å². The van der Waals surface area contributed by atoms with E-state index in [1.165, 1.54) is 22.3 Å². The van der Waals surface area contributed by atoms with Crippen molar-refractivity contribution >= 4 is 5.91 Å². The van der Waals surface area contributed by atoms with Gasteiger partial charge in [-0.15, -0.1) is 0 Å². The van der Waals surface area contributed by atoms with Gasteiger partial charge in [-0.05, 0) is 34.7 Å². The molecule has 2 aromatic carbocycles. The Morgan fingerprint density at radius 2 is 1.72 bits per heavy atom. The van der Waals surface area contributed by atoms with Crippen LogP contribution in [0.1, 0.15) is 42.0 Å². The van der Waals surface area contributed by atoms with E-state index >= 15 is 0 Å². The molecule has 124 valence electrons. The van der Waals surface area contributed by atoms with Crippen LogP contribution in [0.25, 0.3) is 11.1 Å². The molecule has 0 bridgehead atoms. The maximum Gasteiger partial charge on any atom is 0.217 e. The van der Waals surface area contributed by atoms with Crippen LogP contribution in [0.5, 0.6) is 0 Å². The van der Waals surface area contributed by atoms with E-state index in [0.717, 1.165) is 12.0 Å². The van der Waals surface area contributed by atoms with E-state index in [0.29, 0.717) is 0 Å². The third-order valence-corrected chi connectivity index (χ3v) is 4.91. The zero-order valence-electron chi connectivity index (χ0n) is 14.1. The number of benzene rings is 2. The van der Waals surface area contributed by atoms with Gasteiger partial charge in [-0.1, -0.05) is 54.6 Å². The van der Waals surface area contributed by atoms with Crippen molar-refractivity contribution in [2.45, 2.75) is 25.3 Å². The average Bonchev–Trinajstić information content (AvgIpc) is 2.96. The van der Waals surface area contributed by atoms with E-state index in [9.17, 15) is 4.79 Å². The quantitative estimate of drug-likeness (QED) is 0.768. The van der Waals surface area contributed by atoms with Crippen molar-refractivity contribution in [3.05, 3.63) is 89.7 Å². The summed E-state index contributed by atoms with van der Waals surface area (Å²) >= 11 is 0. The van der Waals surface area contributed by atoms with Gasteiger partial charge in [-0.25, -0.2) is 0 Å². The van der Waals surface area contributed by atoms with Gasteiger partial charge in [-0.2, -0.15) is 0 Å². The third kappa shape index (κ3) is 2.93. The molecule has 3 heteroatoms. The van der Waals surface area contributed by atoms with Gasteiger partial charge in [0.05, 0.1) is 6.04 Å². The average molecular weight is 328 g/mol. The first kappa shape index (κ1) is 15.6. The van der Waals surface area contributed by atoms with Crippen molar-refractivity contribution < 1.29 is 4.79 Å². The Kier molecular flexibility index (Phi) is 4.06. The van der Waals surface area contributed by atoms with Crippen LogP contribution in [0.2, 0.25) is 0 Å². The number of fused-ring (bicyclic) bond motifs is 3. The molecule has 0 fully saturated rings. The van der Waals surface area contributed by atoms with Crippen molar-refractivity contribution in [3.8, 4) is 11.1 Å². The van der Waals surface area contributed by atoms with Gasteiger partial charge in [0, 0.05) is 30.8 Å². The van der Waals surface area contributed by atoms with E-state index < -0.39 is 0 Å². The molecule has 25 heavy (non-hydrogen) atoms. The fraction of sp³-hybridized carbons (Fsp3) is 0.182. The summed E-state index contributed by atoms with van der Waals surface area (Å²) in [6.07, 6.45) is 4.63. The van der Waals surface area contributed by atoms with Crippen LogP contribution in [0.15, 0.2) is 73.1 Å². The number of amides is 1. The third-order valence-electron chi connectivity index (χ3n) is 4.91. The lowest BCUT2D eigenvalue weighted by Crippen LogP contribution is -2.27. The van der Waals surface area contributed by atoms with Crippen molar-refractivity contribution in [1.82, 2.24) is 10.3 Å². The van der Waals surface area contributed by atoms with Crippen LogP contribution in [0.4, 0.5) is 0 Å². The van der Waals surface area contributed by atoms with Crippen molar-refractivity contribution in [2.75, 3.05) is 0 Å². The summed E-state index contributed by atoms with van der Waals surface area (Å²) in [5.41, 5.74) is 6.21. The summed E-state index contributed by atoms with van der Waals surface area (Å²) in [5, 5.41) is 3.13. The second-order valence-corrected chi connectivity index (χ2v) is 6.50. The fourth-order valence-corrected chi connectivity index (χ4v) is 3.85. The Balaban J connectivity index is 1.74. The molecule has 1 aliphatic rings. The molecule has 3 nitrogen and oxygen atoms in total. The molecule has 0 radical (unpaired) electrons. The van der Waals surface area contributed by atoms with Crippen LogP contribution in [-0.2, 0) is 4.79 Å². The summed E-state index contributed by atoms with van der Waals surface area (Å²) < 4.78 is 0. The number of pyridine rings is 1. The smallest absolute Gasteiger partial charge is 0.217 e. The van der Waals surface area contributed by atoms with Gasteiger partial charge < -0.3 is 5.32 Å². The molecule has 1 aliphatic carbocycles. The van der Waals surface area contributed by atoms with Crippen LogP contribution in [0.3, 0.4) is 0 Å². The number of aromatic nitrogens is 1. The second-order valence-electron chi connectivity index (χ2n) is 6.50. The van der Waals surface area contributed by atoms with Gasteiger partial charge in [0.2, 0.25) is 5.91 Å². The molecule has 0 aliphatic heterocycles. The molecule has 0 spiro atoms. The summed E-state index contributed by atoms with van der Waals surface area (Å²) in [6.45, 7) is 1.58. The largest absolute Gasteiger partial charge is 0.350 e. The van der Waals surface area contributed by atoms with Crippen molar-refractivity contribution in [3.63, 3.8) is 0 Å². The number of hydrogen-bond donors (Lipinski definition) is 1. The molecule has 2 unspecified atom stereocenters. The predicted molar refractivity (Wildman–Crippen MR) is 99.1 cm³/mol. The molecular formula is C22H20N2O. The van der Waals surface area contributed by atoms with Crippen LogP contribution >= 0.6 is 0 Å². The number of hydrogen-bond acceptors (Lipinski definition) is 2. The Bertz CT molecular complexity index is 859. The molecule has 2 atom stereocenters. The lowest BCUT2D eigenvalue weighted by Gasteiger charge is -2.23. The SMILES string of the molecule is CC(=O)NC(CC1c2ccccc2-c2cnccc21)c1ccccc1. The van der Waals surface area contributed by atoms with E-state index in [1.54, 1.807) is 6.92 Å². The minimum absolute atomic E-state index is 0.00455. The topological polar surface area (TPSA) is 42.0 Å². The number of carbonyl (C=O) groups excluding carboxylic acids is 1. The Hall–Kier alpha value is -2.94. The second kappa shape index (κ2) is 6.52. The molecule has 1 heterocycles. The van der Waals surface area contributed by atoms with E-state index in [-0.39, 0.29) is 17.9 Å². The van der Waals surface area contributed by atoms with Gasteiger partial charge >= 0.3 is 0 Å². The van der Waals surface area contributed by atoms with E-state index in [4.69, 9.17) is 0 Å². The summed E-state index contributed by atoms with van der Waals surface area (Å²) in [6, 6.07) is 20.8. The molecule has 1 amide bonds. The van der Waals surface area contributed by atoms with Gasteiger partial charge in [0.1, 0.15) is 0 Å². The molecular weight excluding hydrogens is 308 g/mol. The van der Waals surface area contributed by atoms with Gasteiger partial charge in [-0.3, -0.25) is 9.78 Å². The molecule has 1 aromatic heterocycles. The van der Waals surface area contributed by atoms with E-state index in [1.807, 2.05) is 30.6 Å². The lowest BCUT2D eigenvalue weighted by molar-refractivity contribution is -0.119. The minimum Gasteiger partial charge on any atom is -0.350 e. The molecule has 3 aromatic rings. The standard InChI is InChI=1S/C22H20N2O/c1-15(25)24-22(16-7-3-2-4-8-16)13-20-17-9-5-6-10-18(17)21-14-23-12-11-19(20)21/h2-12,14,20,22H,13H2,1H3,(H,24,25). The lowest BCUT2D eigenvalue weighted by atomic mass is 9.88. The Labute approximate surface area is 147 Å². The number of rotatable bonds is 4. The molecule has 0 saturated carbocycles. The number of nitrogens with one attached hydrogen (secondary N) is 1. The Morgan fingerprint density at radius 3 is 2.52 bits per heavy atom. The number of carbonyl (C=O) groups is 1. The highest BCUT2D eigenvalue weighted by atomic mass is 16.1. The van der Waals surface area contributed by atoms with Gasteiger partial charge in [0.15, 0.2) is 0 Å². The maximum atomic E-state index is 11.8. The fourth-order valence-electron chi connectivity index (χ4n) is 3.85. The summed E-state index contributed by atoms with van der Waals surface area (Å²) in [4.78, 5) is 16.1. The molecule has 4 rings (SSSR count). The maximum absolute atomic E-state index is 11.8. The minimum atomic E-state index is -0.0177. The Morgan fingerprint density at radius 1 is 1.00 bits per heavy atom. The van der Waals surface area contributed by atoms with E-state index in [2.05, 4.69) is 52.8 Å². The number of nitrogens with zero attached hydrogens (tertiary/aromatic N) is 1. The first-order valence-corrected chi connectivity index (χ1v) is 8.59. The summed E-state index contributed by atoms with van der Waals surface area (Å²) in [7, 11) is 0. The van der Waals surface area contributed by atoms with Crippen molar-refractivity contribution in [1.29, 1.82) is 0 Å². The van der Waals surface area contributed by atoms with Crippen LogP contribution in [-0.4, -0.2) is 10.9 Å². The van der Waals surface area contributed by atoms with Crippen molar-refractivity contribution in [2.24, 2.45) is 0 Å². The molecule has 0 saturated heterocycles. The zero-order chi connectivity index (χ0) is 17.2. The normalized spacial score (nSPS) is 16.0. The molecule has 1 N–H and O–H groups in total. The highest BCUT2D eigenvalue weighted by molar-refractivity contribution is 5.78. The first-order valence-electron chi connectivity index (χ1n) is 8.59. The monoisotopic (exact) mass is 328 g/mol. The first-order chi connectivity index (χ1) is 12.2. The van der Waals surface area contributed by atoms with Crippen LogP contribution < -0.4 is 5.32 Å². The highest BCUT2D eigenvalue weighted by Gasteiger charge is 2.31. The highest BCUT2D eigenvalue weighted by Crippen LogP contribution is 2.47. The summed E-state index contributed by atoms with van der Waals surface area (Å²) in [5.74, 6) is 0.251. The zero-order valence-corrected chi connectivity index (χ0v) is 14.1.